The fraction of sp³-hybridized carbons (Fsp3) is 0.625. The molecular weight excluding hydrogens is 512 g/mol. The Balaban J connectivity index is 3.09. The van der Waals surface area contributed by atoms with Crippen LogP contribution in [0.3, 0.4) is 0 Å². The van der Waals surface area contributed by atoms with E-state index in [1.165, 1.54) is 36.8 Å². The minimum Gasteiger partial charge on any atom is -0.0674 e. The molecule has 0 aliphatic carbocycles. The number of unbranched alkanes of at least 4 members (excludes halogenated alkanes) is 2. The summed E-state index contributed by atoms with van der Waals surface area (Å²) in [6, 6.07) is 8.63. The summed E-state index contributed by atoms with van der Waals surface area (Å²) in [5.41, 5.74) is 2.61. The van der Waals surface area contributed by atoms with Crippen LogP contribution in [0.25, 0.3) is 0 Å². The van der Waals surface area contributed by atoms with Crippen molar-refractivity contribution in [3.63, 3.8) is 0 Å². The summed E-state index contributed by atoms with van der Waals surface area (Å²) in [6.07, 6.45) is 6.93. The summed E-state index contributed by atoms with van der Waals surface area (Å²) in [7, 11) is 0. The second-order valence-electron chi connectivity index (χ2n) is 5.16. The van der Waals surface area contributed by atoms with Gasteiger partial charge in [0.1, 0.15) is 6.47 Å². The minimum absolute atomic E-state index is 0.147. The Hall–Kier alpha value is 1.14. The van der Waals surface area contributed by atoms with E-state index in [0.29, 0.717) is 0 Å². The average molecular weight is 534 g/mol. The van der Waals surface area contributed by atoms with E-state index in [-0.39, 0.29) is 6.47 Å². The van der Waals surface area contributed by atoms with E-state index >= 15 is 0 Å². The van der Waals surface area contributed by atoms with Crippen molar-refractivity contribution in [2.45, 2.75) is 58.8 Å². The molecule has 1 aromatic rings. The Morgan fingerprint density at radius 3 is 1.40 bits per heavy atom. The van der Waals surface area contributed by atoms with Gasteiger partial charge in [-0.15, -0.1) is 0 Å². The standard InChI is InChI=1S/C16H22Br4/c1-3-5-11-15(17,18)13-9-7-8-10-14(13)16(19,20)12-6-4-2/h7-10H,3-6,11-12H2,1-2H3. The van der Waals surface area contributed by atoms with E-state index in [2.05, 4.69) is 102 Å². The predicted octanol–water partition coefficient (Wildman–Crippen LogP) is 7.95. The molecule has 20 heavy (non-hydrogen) atoms. The van der Waals surface area contributed by atoms with Gasteiger partial charge in [-0.05, 0) is 24.0 Å². The number of benzene rings is 1. The first-order valence-corrected chi connectivity index (χ1v) is 10.4. The van der Waals surface area contributed by atoms with Gasteiger partial charge in [0.25, 0.3) is 0 Å². The van der Waals surface area contributed by atoms with Gasteiger partial charge in [-0.3, -0.25) is 0 Å². The highest BCUT2D eigenvalue weighted by Gasteiger charge is 2.34. The molecule has 0 atom stereocenters. The summed E-state index contributed by atoms with van der Waals surface area (Å²) >= 11 is 15.5. The largest absolute Gasteiger partial charge is 0.106 e. The van der Waals surface area contributed by atoms with E-state index in [4.69, 9.17) is 0 Å². The first-order chi connectivity index (χ1) is 9.35. The fourth-order valence-electron chi connectivity index (χ4n) is 2.19. The molecule has 0 radical (unpaired) electrons. The van der Waals surface area contributed by atoms with Crippen LogP contribution in [0.2, 0.25) is 0 Å². The quantitative estimate of drug-likeness (QED) is 0.297. The monoisotopic (exact) mass is 530 g/mol. The Kier molecular flexibility index (Phi) is 8.34. The molecule has 0 bridgehead atoms. The summed E-state index contributed by atoms with van der Waals surface area (Å²) < 4.78 is -0.294. The van der Waals surface area contributed by atoms with E-state index in [0.717, 1.165) is 12.8 Å². The van der Waals surface area contributed by atoms with Crippen molar-refractivity contribution in [3.05, 3.63) is 35.4 Å². The first-order valence-electron chi connectivity index (χ1n) is 7.20. The van der Waals surface area contributed by atoms with Crippen molar-refractivity contribution >= 4 is 63.7 Å². The molecule has 0 amide bonds. The number of rotatable bonds is 8. The van der Waals surface area contributed by atoms with Gasteiger partial charge in [0.15, 0.2) is 0 Å². The van der Waals surface area contributed by atoms with E-state index < -0.39 is 0 Å². The maximum atomic E-state index is 3.88. The van der Waals surface area contributed by atoms with Gasteiger partial charge >= 0.3 is 0 Å². The molecule has 0 aliphatic heterocycles. The molecule has 1 rings (SSSR count). The highest BCUT2D eigenvalue weighted by Crippen LogP contribution is 2.51. The van der Waals surface area contributed by atoms with E-state index in [1.54, 1.807) is 0 Å². The third kappa shape index (κ3) is 5.40. The zero-order valence-electron chi connectivity index (χ0n) is 12.1. The number of hydrogen-bond acceptors (Lipinski definition) is 0. The Morgan fingerprint density at radius 1 is 0.750 bits per heavy atom. The molecule has 0 aliphatic rings. The van der Waals surface area contributed by atoms with Crippen LogP contribution in [-0.4, -0.2) is 0 Å². The molecule has 0 saturated carbocycles. The second-order valence-corrected chi connectivity index (χ2v) is 12.7. The van der Waals surface area contributed by atoms with Gasteiger partial charge < -0.3 is 0 Å². The molecule has 0 N–H and O–H groups in total. The van der Waals surface area contributed by atoms with Crippen LogP contribution in [0.4, 0.5) is 0 Å². The van der Waals surface area contributed by atoms with Crippen LogP contribution in [0.1, 0.15) is 63.5 Å². The molecule has 0 spiro atoms. The number of hydrogen-bond donors (Lipinski definition) is 0. The second kappa shape index (κ2) is 8.69. The molecule has 0 nitrogen and oxygen atoms in total. The first kappa shape index (κ1) is 19.2. The zero-order valence-corrected chi connectivity index (χ0v) is 18.4. The van der Waals surface area contributed by atoms with E-state index in [1.807, 2.05) is 0 Å². The van der Waals surface area contributed by atoms with Gasteiger partial charge in [-0.25, -0.2) is 0 Å². The lowest BCUT2D eigenvalue weighted by atomic mass is 9.97. The van der Waals surface area contributed by atoms with E-state index in [9.17, 15) is 0 Å². The molecule has 0 heterocycles. The zero-order chi connectivity index (χ0) is 15.2. The van der Waals surface area contributed by atoms with Gasteiger partial charge in [-0.1, -0.05) is 128 Å². The Labute approximate surface area is 157 Å². The molecular formula is C16H22Br4. The van der Waals surface area contributed by atoms with Gasteiger partial charge in [0.05, 0.1) is 0 Å². The normalized spacial score (nSPS) is 12.7. The van der Waals surface area contributed by atoms with Crippen molar-refractivity contribution in [1.29, 1.82) is 0 Å². The smallest absolute Gasteiger partial charge is 0.0674 e. The number of halogens is 4. The summed E-state index contributed by atoms with van der Waals surface area (Å²) in [6.45, 7) is 4.45. The molecule has 0 aromatic heterocycles. The third-order valence-corrected chi connectivity index (χ3v) is 6.70. The van der Waals surface area contributed by atoms with Crippen LogP contribution >= 0.6 is 63.7 Å². The van der Waals surface area contributed by atoms with Gasteiger partial charge in [0.2, 0.25) is 0 Å². The highest BCUT2D eigenvalue weighted by atomic mass is 79.9. The summed E-state index contributed by atoms with van der Waals surface area (Å²) in [5, 5.41) is 0. The maximum absolute atomic E-state index is 3.88. The van der Waals surface area contributed by atoms with Crippen LogP contribution in [0, 0.1) is 0 Å². The molecule has 0 saturated heterocycles. The average Bonchev–Trinajstić information content (AvgIpc) is 2.43. The van der Waals surface area contributed by atoms with Crippen LogP contribution < -0.4 is 0 Å². The van der Waals surface area contributed by atoms with Crippen molar-refractivity contribution in [2.75, 3.05) is 0 Å². The van der Waals surface area contributed by atoms with Crippen LogP contribution in [0.15, 0.2) is 24.3 Å². The van der Waals surface area contributed by atoms with Crippen LogP contribution in [0.5, 0.6) is 0 Å². The lowest BCUT2D eigenvalue weighted by Crippen LogP contribution is -2.18. The maximum Gasteiger partial charge on any atom is 0.106 e. The lowest BCUT2D eigenvalue weighted by Gasteiger charge is -2.30. The van der Waals surface area contributed by atoms with Crippen molar-refractivity contribution in [3.8, 4) is 0 Å². The lowest BCUT2D eigenvalue weighted by molar-refractivity contribution is 0.662. The predicted molar refractivity (Wildman–Crippen MR) is 105 cm³/mol. The fourth-order valence-corrected chi connectivity index (χ4v) is 4.69. The highest BCUT2D eigenvalue weighted by molar-refractivity contribution is 9.25. The topological polar surface area (TPSA) is 0 Å². The molecule has 4 heteroatoms. The molecule has 1 aromatic carbocycles. The van der Waals surface area contributed by atoms with Crippen molar-refractivity contribution < 1.29 is 0 Å². The van der Waals surface area contributed by atoms with Crippen LogP contribution in [-0.2, 0) is 6.47 Å². The van der Waals surface area contributed by atoms with Gasteiger partial charge in [-0.2, -0.15) is 0 Å². The Bertz CT molecular complexity index is 374. The minimum atomic E-state index is -0.147. The molecule has 114 valence electrons. The Morgan fingerprint density at radius 2 is 1.10 bits per heavy atom. The summed E-state index contributed by atoms with van der Waals surface area (Å²) in [4.78, 5) is 0. The van der Waals surface area contributed by atoms with Crippen molar-refractivity contribution in [2.24, 2.45) is 0 Å². The molecule has 0 fully saturated rings. The SMILES string of the molecule is CCCCC(Br)(Br)c1ccccc1C(Br)(Br)CCCC. The third-order valence-electron chi connectivity index (χ3n) is 3.40. The van der Waals surface area contributed by atoms with Gasteiger partial charge in [0, 0.05) is 0 Å². The van der Waals surface area contributed by atoms with Crippen molar-refractivity contribution in [1.82, 2.24) is 0 Å². The number of alkyl halides is 4. The molecule has 0 unspecified atom stereocenters. The summed E-state index contributed by atoms with van der Waals surface area (Å²) in [5.74, 6) is 0.